The number of likely N-dealkylation sites (N-methyl/N-ethyl adjacent to an activating group) is 1. The molecule has 86 valence electrons. The fraction of sp³-hybridized carbons (Fsp3) is 0.800. The normalized spacial score (nSPS) is 20.8. The van der Waals surface area contributed by atoms with E-state index in [2.05, 4.69) is 4.74 Å². The lowest BCUT2D eigenvalue weighted by molar-refractivity contribution is -0.158. The molecule has 1 unspecified atom stereocenters. The van der Waals surface area contributed by atoms with Gasteiger partial charge in [-0.25, -0.2) is 4.79 Å². The van der Waals surface area contributed by atoms with Crippen LogP contribution in [0.15, 0.2) is 0 Å². The molecule has 0 spiro atoms. The number of likely N-dealkylation sites (tertiary alicyclic amines) is 1. The van der Waals surface area contributed by atoms with E-state index in [1.54, 1.807) is 4.90 Å². The molecule has 1 aliphatic rings. The standard InChI is InChI=1S/C10H18N2O3/c1-11(2)7-8-5-4-6-12(8)9(13)10(14)15-3/h8H,4-7H2,1-3H3. The van der Waals surface area contributed by atoms with Crippen molar-refractivity contribution in [3.05, 3.63) is 0 Å². The van der Waals surface area contributed by atoms with Gasteiger partial charge in [0.25, 0.3) is 0 Å². The maximum absolute atomic E-state index is 11.6. The van der Waals surface area contributed by atoms with E-state index in [4.69, 9.17) is 0 Å². The molecule has 0 N–H and O–H groups in total. The van der Waals surface area contributed by atoms with E-state index in [0.717, 1.165) is 19.4 Å². The molecule has 1 heterocycles. The van der Waals surface area contributed by atoms with Gasteiger partial charge in [-0.15, -0.1) is 0 Å². The van der Waals surface area contributed by atoms with E-state index in [-0.39, 0.29) is 6.04 Å². The third kappa shape index (κ3) is 2.92. The van der Waals surface area contributed by atoms with E-state index < -0.39 is 11.9 Å². The third-order valence-corrected chi connectivity index (χ3v) is 2.57. The zero-order valence-corrected chi connectivity index (χ0v) is 9.52. The molecule has 15 heavy (non-hydrogen) atoms. The largest absolute Gasteiger partial charge is 0.462 e. The Balaban J connectivity index is 2.59. The number of hydrogen-bond donors (Lipinski definition) is 0. The number of amides is 1. The average molecular weight is 214 g/mol. The molecule has 0 aromatic heterocycles. The van der Waals surface area contributed by atoms with Crippen molar-refractivity contribution in [1.82, 2.24) is 9.80 Å². The van der Waals surface area contributed by atoms with Crippen LogP contribution in [0.3, 0.4) is 0 Å². The fourth-order valence-corrected chi connectivity index (χ4v) is 1.92. The van der Waals surface area contributed by atoms with Crippen molar-refractivity contribution >= 4 is 11.9 Å². The first-order valence-corrected chi connectivity index (χ1v) is 5.10. The predicted molar refractivity (Wildman–Crippen MR) is 55.3 cm³/mol. The van der Waals surface area contributed by atoms with Crippen molar-refractivity contribution < 1.29 is 14.3 Å². The Hall–Kier alpha value is -1.10. The zero-order valence-electron chi connectivity index (χ0n) is 9.52. The molecule has 1 atom stereocenters. The first-order valence-electron chi connectivity index (χ1n) is 5.10. The number of carbonyl (C=O) groups excluding carboxylic acids is 2. The first kappa shape index (κ1) is 12.0. The summed E-state index contributed by atoms with van der Waals surface area (Å²) in [5.41, 5.74) is 0. The molecule has 1 rings (SSSR count). The van der Waals surface area contributed by atoms with E-state index in [1.807, 2.05) is 19.0 Å². The van der Waals surface area contributed by atoms with Crippen molar-refractivity contribution in [2.45, 2.75) is 18.9 Å². The van der Waals surface area contributed by atoms with Gasteiger partial charge < -0.3 is 14.5 Å². The van der Waals surface area contributed by atoms with Crippen LogP contribution in [-0.2, 0) is 14.3 Å². The Kier molecular flexibility index (Phi) is 4.08. The van der Waals surface area contributed by atoms with Crippen LogP contribution in [0.5, 0.6) is 0 Å². The Labute approximate surface area is 90.0 Å². The molecule has 0 saturated carbocycles. The minimum absolute atomic E-state index is 0.145. The van der Waals surface area contributed by atoms with Gasteiger partial charge in [0, 0.05) is 19.1 Å². The molecule has 0 aromatic carbocycles. The maximum Gasteiger partial charge on any atom is 0.396 e. The number of nitrogens with zero attached hydrogens (tertiary/aromatic N) is 2. The Bertz CT molecular complexity index is 253. The lowest BCUT2D eigenvalue weighted by Crippen LogP contribution is -2.44. The highest BCUT2D eigenvalue weighted by atomic mass is 16.5. The van der Waals surface area contributed by atoms with Crippen LogP contribution < -0.4 is 0 Å². The van der Waals surface area contributed by atoms with E-state index in [1.165, 1.54) is 7.11 Å². The summed E-state index contributed by atoms with van der Waals surface area (Å²) in [5, 5.41) is 0. The molecule has 1 fully saturated rings. The van der Waals surface area contributed by atoms with E-state index in [0.29, 0.717) is 6.54 Å². The van der Waals surface area contributed by atoms with Gasteiger partial charge in [-0.3, -0.25) is 4.79 Å². The lowest BCUT2D eigenvalue weighted by Gasteiger charge is -2.25. The van der Waals surface area contributed by atoms with E-state index >= 15 is 0 Å². The highest BCUT2D eigenvalue weighted by Crippen LogP contribution is 2.17. The molecule has 5 nitrogen and oxygen atoms in total. The third-order valence-electron chi connectivity index (χ3n) is 2.57. The summed E-state index contributed by atoms with van der Waals surface area (Å²) >= 11 is 0. The van der Waals surface area contributed by atoms with Crippen LogP contribution in [0.2, 0.25) is 0 Å². The van der Waals surface area contributed by atoms with Gasteiger partial charge in [0.15, 0.2) is 0 Å². The van der Waals surface area contributed by atoms with Crippen molar-refractivity contribution in [3.8, 4) is 0 Å². The van der Waals surface area contributed by atoms with Crippen molar-refractivity contribution in [1.29, 1.82) is 0 Å². The SMILES string of the molecule is COC(=O)C(=O)N1CCCC1CN(C)C. The highest BCUT2D eigenvalue weighted by Gasteiger charge is 2.32. The molecule has 5 heteroatoms. The van der Waals surface area contributed by atoms with E-state index in [9.17, 15) is 9.59 Å². The van der Waals surface area contributed by atoms with Crippen molar-refractivity contribution in [2.24, 2.45) is 0 Å². The Morgan fingerprint density at radius 1 is 1.47 bits per heavy atom. The van der Waals surface area contributed by atoms with Crippen molar-refractivity contribution in [3.63, 3.8) is 0 Å². The van der Waals surface area contributed by atoms with Crippen LogP contribution in [-0.4, -0.2) is 62.0 Å². The summed E-state index contributed by atoms with van der Waals surface area (Å²) in [6.45, 7) is 1.45. The fourth-order valence-electron chi connectivity index (χ4n) is 1.92. The molecule has 0 radical (unpaired) electrons. The van der Waals surface area contributed by atoms with Crippen LogP contribution in [0.1, 0.15) is 12.8 Å². The summed E-state index contributed by atoms with van der Waals surface area (Å²) in [4.78, 5) is 26.3. The second kappa shape index (κ2) is 5.11. The molecule has 0 bridgehead atoms. The number of carbonyl (C=O) groups is 2. The van der Waals surface area contributed by atoms with Gasteiger partial charge in [-0.05, 0) is 26.9 Å². The summed E-state index contributed by atoms with van der Waals surface area (Å²) in [7, 11) is 5.15. The first-order chi connectivity index (χ1) is 7.06. The second-order valence-electron chi connectivity index (χ2n) is 4.05. The molecule has 1 aliphatic heterocycles. The van der Waals surface area contributed by atoms with Gasteiger partial charge in [0.2, 0.25) is 0 Å². The molecule has 0 aromatic rings. The number of ether oxygens (including phenoxy) is 1. The summed E-state index contributed by atoms with van der Waals surface area (Å²) in [6, 6.07) is 0.145. The maximum atomic E-state index is 11.6. The number of hydrogen-bond acceptors (Lipinski definition) is 4. The quantitative estimate of drug-likeness (QED) is 0.468. The molecule has 1 saturated heterocycles. The number of methoxy groups -OCH3 is 1. The number of rotatable bonds is 2. The zero-order chi connectivity index (χ0) is 11.4. The number of esters is 1. The molecule has 1 amide bonds. The second-order valence-corrected chi connectivity index (χ2v) is 4.05. The molecular formula is C10H18N2O3. The Morgan fingerprint density at radius 2 is 2.13 bits per heavy atom. The van der Waals surface area contributed by atoms with Gasteiger partial charge in [0.05, 0.1) is 7.11 Å². The van der Waals surface area contributed by atoms with Gasteiger partial charge >= 0.3 is 11.9 Å². The summed E-state index contributed by atoms with van der Waals surface area (Å²) in [5.74, 6) is -1.28. The van der Waals surface area contributed by atoms with Crippen LogP contribution in [0.4, 0.5) is 0 Å². The van der Waals surface area contributed by atoms with Gasteiger partial charge in [-0.1, -0.05) is 0 Å². The van der Waals surface area contributed by atoms with Crippen LogP contribution >= 0.6 is 0 Å². The molecule has 0 aliphatic carbocycles. The molecular weight excluding hydrogens is 196 g/mol. The lowest BCUT2D eigenvalue weighted by atomic mass is 10.2. The monoisotopic (exact) mass is 214 g/mol. The summed E-state index contributed by atoms with van der Waals surface area (Å²) < 4.78 is 4.43. The van der Waals surface area contributed by atoms with Crippen LogP contribution in [0, 0.1) is 0 Å². The minimum atomic E-state index is -0.763. The van der Waals surface area contributed by atoms with Gasteiger partial charge in [-0.2, -0.15) is 0 Å². The average Bonchev–Trinajstić information content (AvgIpc) is 2.62. The predicted octanol–water partition coefficient (Wildman–Crippen LogP) is -0.288. The highest BCUT2D eigenvalue weighted by molar-refractivity contribution is 6.32. The van der Waals surface area contributed by atoms with Crippen molar-refractivity contribution in [2.75, 3.05) is 34.3 Å². The smallest absolute Gasteiger partial charge is 0.396 e. The topological polar surface area (TPSA) is 49.9 Å². The Morgan fingerprint density at radius 3 is 2.67 bits per heavy atom. The minimum Gasteiger partial charge on any atom is -0.462 e. The summed E-state index contributed by atoms with van der Waals surface area (Å²) in [6.07, 6.45) is 1.92. The van der Waals surface area contributed by atoms with Crippen LogP contribution in [0.25, 0.3) is 0 Å². The van der Waals surface area contributed by atoms with Gasteiger partial charge in [0.1, 0.15) is 0 Å².